The molecular weight excluding hydrogens is 337 g/mol. The molecule has 3 rings (SSSR count). The number of carbonyl (C=O) groups is 2. The van der Waals surface area contributed by atoms with E-state index < -0.39 is 23.6 Å². The van der Waals surface area contributed by atoms with Crippen molar-refractivity contribution in [3.05, 3.63) is 54.5 Å². The lowest BCUT2D eigenvalue weighted by Gasteiger charge is -2.09. The molecule has 3 N–H and O–H groups in total. The Bertz CT molecular complexity index is 950. The van der Waals surface area contributed by atoms with E-state index in [1.807, 2.05) is 0 Å². The highest BCUT2D eigenvalue weighted by atomic mass is 19.4. The summed E-state index contributed by atoms with van der Waals surface area (Å²) in [5.74, 6) is -2.10. The van der Waals surface area contributed by atoms with Gasteiger partial charge in [0, 0.05) is 29.7 Å². The SMILES string of the molecule is O=C(Nc1cccc(C(F)(F)F)c1)C(=O)Nc1c[nH]c2ccncc12. The molecule has 128 valence electrons. The zero-order valence-electron chi connectivity index (χ0n) is 12.5. The minimum atomic E-state index is -4.54. The largest absolute Gasteiger partial charge is 0.416 e. The molecule has 0 aliphatic heterocycles. The van der Waals surface area contributed by atoms with Gasteiger partial charge in [-0.05, 0) is 24.3 Å². The molecule has 0 spiro atoms. The van der Waals surface area contributed by atoms with Gasteiger partial charge in [0.25, 0.3) is 0 Å². The van der Waals surface area contributed by atoms with E-state index in [4.69, 9.17) is 0 Å². The van der Waals surface area contributed by atoms with E-state index in [0.717, 1.165) is 18.2 Å². The second-order valence-electron chi connectivity index (χ2n) is 5.11. The number of hydrogen-bond donors (Lipinski definition) is 3. The van der Waals surface area contributed by atoms with Crippen LogP contribution in [0, 0.1) is 0 Å². The Balaban J connectivity index is 1.72. The summed E-state index contributed by atoms with van der Waals surface area (Å²) < 4.78 is 38.0. The molecule has 3 aromatic rings. The molecule has 2 aromatic heterocycles. The van der Waals surface area contributed by atoms with Crippen molar-refractivity contribution in [1.29, 1.82) is 0 Å². The van der Waals surface area contributed by atoms with E-state index in [1.54, 1.807) is 12.3 Å². The number of halogens is 3. The molecule has 0 saturated heterocycles. The van der Waals surface area contributed by atoms with Crippen molar-refractivity contribution in [1.82, 2.24) is 9.97 Å². The predicted molar refractivity (Wildman–Crippen MR) is 84.8 cm³/mol. The van der Waals surface area contributed by atoms with Crippen molar-refractivity contribution >= 4 is 34.1 Å². The van der Waals surface area contributed by atoms with Gasteiger partial charge in [-0.15, -0.1) is 0 Å². The molecule has 0 fully saturated rings. The van der Waals surface area contributed by atoms with Crippen LogP contribution in [0.2, 0.25) is 0 Å². The van der Waals surface area contributed by atoms with Gasteiger partial charge >= 0.3 is 18.0 Å². The third-order valence-corrected chi connectivity index (χ3v) is 3.39. The van der Waals surface area contributed by atoms with Crippen LogP contribution in [-0.2, 0) is 15.8 Å². The van der Waals surface area contributed by atoms with E-state index in [9.17, 15) is 22.8 Å². The number of aromatic nitrogens is 2. The number of pyridine rings is 1. The Hall–Kier alpha value is -3.36. The van der Waals surface area contributed by atoms with E-state index in [-0.39, 0.29) is 5.69 Å². The molecule has 0 saturated carbocycles. The van der Waals surface area contributed by atoms with Crippen molar-refractivity contribution in [3.8, 4) is 0 Å². The van der Waals surface area contributed by atoms with Gasteiger partial charge in [-0.1, -0.05) is 6.07 Å². The van der Waals surface area contributed by atoms with Crippen LogP contribution < -0.4 is 10.6 Å². The van der Waals surface area contributed by atoms with E-state index in [0.29, 0.717) is 16.6 Å². The number of nitrogens with zero attached hydrogens (tertiary/aromatic N) is 1. The van der Waals surface area contributed by atoms with Crippen LogP contribution in [0.4, 0.5) is 24.5 Å². The summed E-state index contributed by atoms with van der Waals surface area (Å²) in [6.45, 7) is 0. The zero-order valence-corrected chi connectivity index (χ0v) is 12.5. The Kier molecular flexibility index (Phi) is 4.14. The summed E-state index contributed by atoms with van der Waals surface area (Å²) in [6.07, 6.45) is 0.0127. The fourth-order valence-electron chi connectivity index (χ4n) is 2.21. The highest BCUT2D eigenvalue weighted by Gasteiger charge is 2.30. The zero-order chi connectivity index (χ0) is 18.0. The molecule has 2 amide bonds. The van der Waals surface area contributed by atoms with Crippen LogP contribution >= 0.6 is 0 Å². The van der Waals surface area contributed by atoms with Crippen molar-refractivity contribution in [2.75, 3.05) is 10.6 Å². The number of aromatic amines is 1. The second-order valence-corrected chi connectivity index (χ2v) is 5.11. The molecule has 1 aromatic carbocycles. The number of fused-ring (bicyclic) bond motifs is 1. The quantitative estimate of drug-likeness (QED) is 0.622. The molecule has 0 bridgehead atoms. The molecular formula is C16H11F3N4O2. The van der Waals surface area contributed by atoms with Crippen LogP contribution in [0.3, 0.4) is 0 Å². The maximum absolute atomic E-state index is 12.7. The van der Waals surface area contributed by atoms with Gasteiger partial charge in [0.15, 0.2) is 0 Å². The predicted octanol–water partition coefficient (Wildman–Crippen LogP) is 3.16. The average Bonchev–Trinajstić information content (AvgIpc) is 2.97. The van der Waals surface area contributed by atoms with E-state index >= 15 is 0 Å². The number of amides is 2. The summed E-state index contributed by atoms with van der Waals surface area (Å²) in [6, 6.07) is 5.71. The number of H-pyrrole nitrogens is 1. The summed E-state index contributed by atoms with van der Waals surface area (Å²) in [7, 11) is 0. The van der Waals surface area contributed by atoms with Crippen molar-refractivity contribution < 1.29 is 22.8 Å². The van der Waals surface area contributed by atoms with Gasteiger partial charge in [-0.2, -0.15) is 13.2 Å². The number of hydrogen-bond acceptors (Lipinski definition) is 3. The molecule has 0 aliphatic rings. The first-order chi connectivity index (χ1) is 11.8. The fraction of sp³-hybridized carbons (Fsp3) is 0.0625. The number of rotatable bonds is 2. The minimum absolute atomic E-state index is 0.129. The van der Waals surface area contributed by atoms with Gasteiger partial charge in [-0.3, -0.25) is 14.6 Å². The Morgan fingerprint density at radius 2 is 1.84 bits per heavy atom. The molecule has 2 heterocycles. The Morgan fingerprint density at radius 1 is 1.08 bits per heavy atom. The molecule has 0 aliphatic carbocycles. The van der Waals surface area contributed by atoms with Crippen molar-refractivity contribution in [2.24, 2.45) is 0 Å². The molecule has 25 heavy (non-hydrogen) atoms. The van der Waals surface area contributed by atoms with Gasteiger partial charge < -0.3 is 15.6 Å². The van der Waals surface area contributed by atoms with Crippen LogP contribution in [-0.4, -0.2) is 21.8 Å². The Morgan fingerprint density at radius 3 is 2.60 bits per heavy atom. The van der Waals surface area contributed by atoms with Crippen LogP contribution in [0.5, 0.6) is 0 Å². The standard InChI is InChI=1S/C16H11F3N4O2/c17-16(18,19)9-2-1-3-10(6-9)22-14(24)15(25)23-13-8-21-12-4-5-20-7-11(12)13/h1-8,21H,(H,22,24)(H,23,25). The Labute approximate surface area is 139 Å². The highest BCUT2D eigenvalue weighted by Crippen LogP contribution is 2.30. The van der Waals surface area contributed by atoms with Gasteiger partial charge in [-0.25, -0.2) is 0 Å². The van der Waals surface area contributed by atoms with Crippen molar-refractivity contribution in [3.63, 3.8) is 0 Å². The normalized spacial score (nSPS) is 11.3. The van der Waals surface area contributed by atoms with Crippen molar-refractivity contribution in [2.45, 2.75) is 6.18 Å². The first-order valence-corrected chi connectivity index (χ1v) is 7.05. The first-order valence-electron chi connectivity index (χ1n) is 7.05. The maximum Gasteiger partial charge on any atom is 0.416 e. The number of benzene rings is 1. The summed E-state index contributed by atoms with van der Waals surface area (Å²) >= 11 is 0. The van der Waals surface area contributed by atoms with Gasteiger partial charge in [0.2, 0.25) is 0 Å². The minimum Gasteiger partial charge on any atom is -0.359 e. The van der Waals surface area contributed by atoms with Crippen LogP contribution in [0.1, 0.15) is 5.56 Å². The lowest BCUT2D eigenvalue weighted by atomic mass is 10.2. The number of carbonyl (C=O) groups excluding carboxylic acids is 2. The lowest BCUT2D eigenvalue weighted by molar-refractivity contribution is -0.137. The first kappa shape index (κ1) is 16.5. The topological polar surface area (TPSA) is 86.9 Å². The second kappa shape index (κ2) is 6.27. The van der Waals surface area contributed by atoms with Gasteiger partial charge in [0.1, 0.15) is 0 Å². The molecule has 0 unspecified atom stereocenters. The monoisotopic (exact) mass is 348 g/mol. The van der Waals surface area contributed by atoms with E-state index in [1.165, 1.54) is 18.5 Å². The van der Waals surface area contributed by atoms with Gasteiger partial charge in [0.05, 0.1) is 16.8 Å². The summed E-state index contributed by atoms with van der Waals surface area (Å²) in [4.78, 5) is 30.7. The van der Waals surface area contributed by atoms with E-state index in [2.05, 4.69) is 20.6 Å². The molecule has 0 radical (unpaired) electrons. The number of nitrogens with one attached hydrogen (secondary N) is 3. The third kappa shape index (κ3) is 3.60. The van der Waals surface area contributed by atoms with Crippen LogP contribution in [0.25, 0.3) is 10.9 Å². The number of anilines is 2. The smallest absolute Gasteiger partial charge is 0.359 e. The van der Waals surface area contributed by atoms with Crippen LogP contribution in [0.15, 0.2) is 48.9 Å². The molecule has 0 atom stereocenters. The highest BCUT2D eigenvalue weighted by molar-refractivity contribution is 6.44. The molecule has 6 nitrogen and oxygen atoms in total. The lowest BCUT2D eigenvalue weighted by Crippen LogP contribution is -2.29. The summed E-state index contributed by atoms with van der Waals surface area (Å²) in [5.41, 5.74) is -0.000131. The average molecular weight is 348 g/mol. The molecule has 9 heteroatoms. The fourth-order valence-corrected chi connectivity index (χ4v) is 2.21. The summed E-state index contributed by atoms with van der Waals surface area (Å²) in [5, 5.41) is 5.12. The maximum atomic E-state index is 12.7. The number of alkyl halides is 3. The third-order valence-electron chi connectivity index (χ3n) is 3.39.